The molecule has 1 aromatic rings. The molecule has 58 valence electrons. The molecule has 1 nitrogen and oxygen atoms in total. The Morgan fingerprint density at radius 1 is 1.36 bits per heavy atom. The SMILES string of the molecule is CC(C)C(C)c1bccnc1. The standard InChI is InChI=1S/C9H14BN/c1-7(2)8(3)9-6-11-5-4-10-9/h4-8H,1-3H3. The van der Waals surface area contributed by atoms with Gasteiger partial charge in [0.1, 0.15) is 0 Å². The Hall–Kier alpha value is -0.655. The number of hydrogen-bond donors (Lipinski definition) is 0. The fraction of sp³-hybridized carbons (Fsp3) is 0.556. The van der Waals surface area contributed by atoms with Crippen LogP contribution in [0.15, 0.2) is 18.4 Å². The summed E-state index contributed by atoms with van der Waals surface area (Å²) in [6, 6.07) is 0. The van der Waals surface area contributed by atoms with Crippen LogP contribution in [0.25, 0.3) is 0 Å². The maximum absolute atomic E-state index is 4.09. The first-order valence-corrected chi connectivity index (χ1v) is 4.11. The number of aromatic nitrogens is 1. The predicted octanol–water partition coefficient (Wildman–Crippen LogP) is 2.18. The molecule has 0 fully saturated rings. The molecule has 1 aromatic heterocycles. The van der Waals surface area contributed by atoms with Crippen LogP contribution in [0, 0.1) is 5.92 Å². The van der Waals surface area contributed by atoms with Gasteiger partial charge in [-0.1, -0.05) is 0 Å². The zero-order chi connectivity index (χ0) is 8.27. The van der Waals surface area contributed by atoms with Gasteiger partial charge in [0, 0.05) is 0 Å². The molecule has 0 aliphatic rings. The van der Waals surface area contributed by atoms with Gasteiger partial charge in [-0.15, -0.1) is 0 Å². The molecule has 0 N–H and O–H groups in total. The minimum atomic E-state index is 0.615. The quantitative estimate of drug-likeness (QED) is 0.624. The molecule has 0 bridgehead atoms. The molecule has 2 heteroatoms. The maximum atomic E-state index is 4.09. The van der Waals surface area contributed by atoms with E-state index in [0.717, 1.165) is 0 Å². The summed E-state index contributed by atoms with van der Waals surface area (Å²) in [5.74, 6) is 3.30. The molecule has 1 atom stereocenters. The summed E-state index contributed by atoms with van der Waals surface area (Å²) in [4.78, 5) is 4.09. The summed E-state index contributed by atoms with van der Waals surface area (Å²) in [6.07, 6.45) is 3.77. The third-order valence-electron chi connectivity index (χ3n) is 2.21. The molecule has 0 aromatic carbocycles. The van der Waals surface area contributed by atoms with Crippen molar-refractivity contribution in [1.82, 2.24) is 4.98 Å². The van der Waals surface area contributed by atoms with E-state index in [9.17, 15) is 0 Å². The Bertz CT molecular complexity index is 208. The van der Waals surface area contributed by atoms with Gasteiger partial charge in [0.05, 0.1) is 0 Å². The second kappa shape index (κ2) is 3.65. The molecule has 11 heavy (non-hydrogen) atoms. The summed E-state index contributed by atoms with van der Waals surface area (Å²) in [5.41, 5.74) is 1.34. The number of rotatable bonds is 2. The van der Waals surface area contributed by atoms with E-state index in [1.165, 1.54) is 5.46 Å². The van der Waals surface area contributed by atoms with E-state index in [0.29, 0.717) is 11.8 Å². The first-order chi connectivity index (χ1) is 5.22. The van der Waals surface area contributed by atoms with Crippen LogP contribution in [0.1, 0.15) is 32.1 Å². The molecule has 1 unspecified atom stereocenters. The van der Waals surface area contributed by atoms with Crippen LogP contribution in [-0.4, -0.2) is 11.9 Å². The van der Waals surface area contributed by atoms with E-state index < -0.39 is 0 Å². The molecule has 1 heterocycles. The fourth-order valence-electron chi connectivity index (χ4n) is 1.03. The van der Waals surface area contributed by atoms with Crippen LogP contribution < -0.4 is 0 Å². The summed E-state index contributed by atoms with van der Waals surface area (Å²) >= 11 is 0. The van der Waals surface area contributed by atoms with Gasteiger partial charge >= 0.3 is 68.3 Å². The first-order valence-electron chi connectivity index (χ1n) is 4.11. The molecule has 0 saturated carbocycles. The van der Waals surface area contributed by atoms with Crippen molar-refractivity contribution in [2.45, 2.75) is 26.7 Å². The topological polar surface area (TPSA) is 12.9 Å². The summed E-state index contributed by atoms with van der Waals surface area (Å²) < 4.78 is 0. The van der Waals surface area contributed by atoms with Crippen molar-refractivity contribution in [3.05, 3.63) is 23.8 Å². The Balaban J connectivity index is 2.77. The predicted molar refractivity (Wildman–Crippen MR) is 48.8 cm³/mol. The average molecular weight is 147 g/mol. The number of nitrogens with zero attached hydrogens (tertiary/aromatic N) is 1. The second-order valence-electron chi connectivity index (χ2n) is 3.32. The van der Waals surface area contributed by atoms with Gasteiger partial charge in [-0.25, -0.2) is 0 Å². The van der Waals surface area contributed by atoms with Gasteiger partial charge in [-0.3, -0.25) is 0 Å². The van der Waals surface area contributed by atoms with Crippen LogP contribution in [0.2, 0.25) is 0 Å². The molecule has 0 radical (unpaired) electrons. The minimum absolute atomic E-state index is 0.615. The van der Waals surface area contributed by atoms with E-state index in [1.807, 2.05) is 18.4 Å². The third-order valence-corrected chi connectivity index (χ3v) is 2.21. The third kappa shape index (κ3) is 2.14. The van der Waals surface area contributed by atoms with Gasteiger partial charge in [-0.2, -0.15) is 0 Å². The zero-order valence-electron chi connectivity index (χ0n) is 7.41. The van der Waals surface area contributed by atoms with Crippen LogP contribution in [0.5, 0.6) is 0 Å². The van der Waals surface area contributed by atoms with Gasteiger partial charge in [-0.05, 0) is 0 Å². The Morgan fingerprint density at radius 2 is 2.09 bits per heavy atom. The van der Waals surface area contributed by atoms with Crippen LogP contribution in [0.3, 0.4) is 0 Å². The van der Waals surface area contributed by atoms with Crippen molar-refractivity contribution >= 4 is 6.91 Å². The van der Waals surface area contributed by atoms with Crippen LogP contribution >= 0.6 is 0 Å². The Morgan fingerprint density at radius 3 is 2.55 bits per heavy atom. The van der Waals surface area contributed by atoms with Gasteiger partial charge in [0.2, 0.25) is 0 Å². The summed E-state index contributed by atoms with van der Waals surface area (Å²) in [5, 5.41) is 0. The molecule has 0 saturated heterocycles. The van der Waals surface area contributed by atoms with Crippen molar-refractivity contribution in [3.63, 3.8) is 0 Å². The number of hydrogen-bond acceptors (Lipinski definition) is 1. The van der Waals surface area contributed by atoms with E-state index in [4.69, 9.17) is 0 Å². The molecular weight excluding hydrogens is 133 g/mol. The van der Waals surface area contributed by atoms with Gasteiger partial charge < -0.3 is 0 Å². The zero-order valence-corrected chi connectivity index (χ0v) is 7.41. The van der Waals surface area contributed by atoms with Crippen molar-refractivity contribution in [2.24, 2.45) is 5.92 Å². The summed E-state index contributed by atoms with van der Waals surface area (Å²) in [7, 11) is 0. The van der Waals surface area contributed by atoms with E-state index >= 15 is 0 Å². The van der Waals surface area contributed by atoms with Crippen LogP contribution in [-0.2, 0) is 0 Å². The van der Waals surface area contributed by atoms with E-state index in [2.05, 4.69) is 32.7 Å². The van der Waals surface area contributed by atoms with Crippen molar-refractivity contribution in [3.8, 4) is 0 Å². The molecule has 1 rings (SSSR count). The second-order valence-corrected chi connectivity index (χ2v) is 3.32. The van der Waals surface area contributed by atoms with E-state index in [-0.39, 0.29) is 0 Å². The normalized spacial score (nSPS) is 13.1. The summed E-state index contributed by atoms with van der Waals surface area (Å²) in [6.45, 7) is 8.84. The molecule has 0 spiro atoms. The first kappa shape index (κ1) is 8.44. The Kier molecular flexibility index (Phi) is 2.80. The molecule has 0 aliphatic heterocycles. The van der Waals surface area contributed by atoms with Crippen molar-refractivity contribution < 1.29 is 0 Å². The monoisotopic (exact) mass is 147 g/mol. The van der Waals surface area contributed by atoms with Crippen molar-refractivity contribution in [1.29, 1.82) is 0 Å². The molecular formula is C9H14BN. The van der Waals surface area contributed by atoms with Gasteiger partial charge in [0.15, 0.2) is 0 Å². The fourth-order valence-corrected chi connectivity index (χ4v) is 1.03. The van der Waals surface area contributed by atoms with Gasteiger partial charge in [0.25, 0.3) is 0 Å². The van der Waals surface area contributed by atoms with Crippen LogP contribution in [0.4, 0.5) is 0 Å². The Labute approximate surface area is 69.1 Å². The van der Waals surface area contributed by atoms with Crippen molar-refractivity contribution in [2.75, 3.05) is 0 Å². The average Bonchev–Trinajstić information content (AvgIpc) is 2.05. The molecule has 0 aliphatic carbocycles. The van der Waals surface area contributed by atoms with E-state index in [1.54, 1.807) is 0 Å². The molecule has 0 amide bonds.